The minimum Gasteiger partial charge on any atom is -0.333 e. The number of piperidine rings is 1. The minimum absolute atomic E-state index is 0. The highest BCUT2D eigenvalue weighted by Gasteiger charge is 2.27. The van der Waals surface area contributed by atoms with Crippen molar-refractivity contribution in [3.8, 4) is 0 Å². The normalized spacial score (nSPS) is 19.0. The first-order chi connectivity index (χ1) is 12.2. The Balaban J connectivity index is 0.00000243. The third-order valence-corrected chi connectivity index (χ3v) is 5.62. The predicted molar refractivity (Wildman–Crippen MR) is 106 cm³/mol. The number of carbonyl (C=O) groups is 1. The standard InChI is InChI=1S/C19H31N5O.ClH/c1-3-13-23(14-16-7-5-4-6-8-16)19(25)18-15(2)24(22-21-18)17-9-11-20-12-10-17;/h3,16-17,20H,1,4-14H2,2H3;1H. The monoisotopic (exact) mass is 381 g/mol. The molecule has 0 aromatic carbocycles. The van der Waals surface area contributed by atoms with Crippen LogP contribution < -0.4 is 5.32 Å². The van der Waals surface area contributed by atoms with Gasteiger partial charge in [0, 0.05) is 13.1 Å². The van der Waals surface area contributed by atoms with Gasteiger partial charge in [0.1, 0.15) is 0 Å². The summed E-state index contributed by atoms with van der Waals surface area (Å²) in [6.07, 6.45) is 10.2. The van der Waals surface area contributed by atoms with E-state index in [0.717, 1.165) is 38.2 Å². The highest BCUT2D eigenvalue weighted by molar-refractivity contribution is 5.93. The van der Waals surface area contributed by atoms with Gasteiger partial charge in [0.25, 0.3) is 5.91 Å². The van der Waals surface area contributed by atoms with Crippen LogP contribution in [0.2, 0.25) is 0 Å². The number of nitrogens with zero attached hydrogens (tertiary/aromatic N) is 4. The van der Waals surface area contributed by atoms with Gasteiger partial charge in [0.05, 0.1) is 11.7 Å². The Bertz CT molecular complexity index is 591. The van der Waals surface area contributed by atoms with Crippen LogP contribution in [0.15, 0.2) is 12.7 Å². The average Bonchev–Trinajstić information content (AvgIpc) is 3.04. The van der Waals surface area contributed by atoms with Crippen LogP contribution in [0.5, 0.6) is 0 Å². The quantitative estimate of drug-likeness (QED) is 0.769. The molecule has 1 amide bonds. The Morgan fingerprint density at radius 2 is 1.96 bits per heavy atom. The number of amides is 1. The highest BCUT2D eigenvalue weighted by Crippen LogP contribution is 2.26. The van der Waals surface area contributed by atoms with Crippen molar-refractivity contribution >= 4 is 18.3 Å². The summed E-state index contributed by atoms with van der Waals surface area (Å²) >= 11 is 0. The first-order valence-electron chi connectivity index (χ1n) is 9.73. The van der Waals surface area contributed by atoms with Crippen LogP contribution in [0.4, 0.5) is 0 Å². The SMILES string of the molecule is C=CCN(CC1CCCCC1)C(=O)c1nnn(C2CCNCC2)c1C.Cl. The van der Waals surface area contributed by atoms with E-state index in [0.29, 0.717) is 24.2 Å². The largest absolute Gasteiger partial charge is 0.333 e. The van der Waals surface area contributed by atoms with Crippen molar-refractivity contribution in [2.24, 2.45) is 5.92 Å². The minimum atomic E-state index is 0. The van der Waals surface area contributed by atoms with Gasteiger partial charge >= 0.3 is 0 Å². The Hall–Kier alpha value is -1.40. The molecule has 1 aliphatic heterocycles. The molecule has 0 radical (unpaired) electrons. The highest BCUT2D eigenvalue weighted by atomic mass is 35.5. The van der Waals surface area contributed by atoms with Gasteiger partial charge in [-0.1, -0.05) is 30.6 Å². The van der Waals surface area contributed by atoms with E-state index >= 15 is 0 Å². The van der Waals surface area contributed by atoms with E-state index in [9.17, 15) is 4.79 Å². The molecule has 1 aromatic heterocycles. The lowest BCUT2D eigenvalue weighted by molar-refractivity contribution is 0.0728. The zero-order valence-electron chi connectivity index (χ0n) is 15.8. The van der Waals surface area contributed by atoms with Crippen LogP contribution in [0, 0.1) is 12.8 Å². The van der Waals surface area contributed by atoms with E-state index in [1.54, 1.807) is 0 Å². The summed E-state index contributed by atoms with van der Waals surface area (Å²) in [5.41, 5.74) is 1.41. The molecule has 0 atom stereocenters. The lowest BCUT2D eigenvalue weighted by atomic mass is 9.89. The fourth-order valence-corrected chi connectivity index (χ4v) is 4.16. The van der Waals surface area contributed by atoms with E-state index < -0.39 is 0 Å². The van der Waals surface area contributed by atoms with Crippen molar-refractivity contribution < 1.29 is 4.79 Å². The number of carbonyl (C=O) groups excluding carboxylic acids is 1. The topological polar surface area (TPSA) is 63.1 Å². The number of halogens is 1. The summed E-state index contributed by atoms with van der Waals surface area (Å²) in [6.45, 7) is 9.19. The average molecular weight is 382 g/mol. The first-order valence-corrected chi connectivity index (χ1v) is 9.73. The molecule has 7 heteroatoms. The molecule has 1 saturated carbocycles. The molecule has 2 aliphatic rings. The molecule has 1 aliphatic carbocycles. The first kappa shape index (κ1) is 20.9. The molecule has 26 heavy (non-hydrogen) atoms. The van der Waals surface area contributed by atoms with Gasteiger partial charge in [0.2, 0.25) is 0 Å². The molecule has 1 N–H and O–H groups in total. The van der Waals surface area contributed by atoms with Gasteiger partial charge in [-0.05, 0) is 51.6 Å². The maximum absolute atomic E-state index is 13.1. The number of nitrogens with one attached hydrogen (secondary N) is 1. The van der Waals surface area contributed by atoms with Crippen molar-refractivity contribution in [2.75, 3.05) is 26.2 Å². The molecule has 0 bridgehead atoms. The van der Waals surface area contributed by atoms with Crippen LogP contribution in [0.1, 0.15) is 67.2 Å². The van der Waals surface area contributed by atoms with Crippen LogP contribution in [-0.4, -0.2) is 52.0 Å². The third-order valence-electron chi connectivity index (χ3n) is 5.62. The maximum Gasteiger partial charge on any atom is 0.276 e. The van der Waals surface area contributed by atoms with Gasteiger partial charge in [-0.3, -0.25) is 4.79 Å². The van der Waals surface area contributed by atoms with E-state index in [4.69, 9.17) is 0 Å². The summed E-state index contributed by atoms with van der Waals surface area (Å²) in [7, 11) is 0. The second kappa shape index (κ2) is 10.1. The number of rotatable bonds is 6. The molecule has 2 fully saturated rings. The Morgan fingerprint density at radius 3 is 2.62 bits per heavy atom. The predicted octanol–water partition coefficient (Wildman–Crippen LogP) is 3.14. The molecule has 0 spiro atoms. The molecular formula is C19H32ClN5O. The van der Waals surface area contributed by atoms with Gasteiger partial charge in [-0.15, -0.1) is 24.1 Å². The van der Waals surface area contributed by atoms with Crippen molar-refractivity contribution in [1.82, 2.24) is 25.2 Å². The van der Waals surface area contributed by atoms with Crippen LogP contribution in [-0.2, 0) is 0 Å². The zero-order valence-corrected chi connectivity index (χ0v) is 16.6. The molecule has 146 valence electrons. The molecule has 1 saturated heterocycles. The van der Waals surface area contributed by atoms with Crippen molar-refractivity contribution in [3.05, 3.63) is 24.0 Å². The summed E-state index contributed by atoms with van der Waals surface area (Å²) < 4.78 is 1.96. The van der Waals surface area contributed by atoms with Crippen LogP contribution in [0.3, 0.4) is 0 Å². The van der Waals surface area contributed by atoms with Crippen LogP contribution >= 0.6 is 12.4 Å². The van der Waals surface area contributed by atoms with Gasteiger partial charge in [0.15, 0.2) is 5.69 Å². The Labute approximate surface area is 162 Å². The molecule has 0 unspecified atom stereocenters. The zero-order chi connectivity index (χ0) is 17.6. The molecule has 3 rings (SSSR count). The smallest absolute Gasteiger partial charge is 0.276 e. The van der Waals surface area contributed by atoms with E-state index in [-0.39, 0.29) is 18.3 Å². The summed E-state index contributed by atoms with van der Waals surface area (Å²) in [6, 6.07) is 0.349. The fourth-order valence-electron chi connectivity index (χ4n) is 4.16. The lowest BCUT2D eigenvalue weighted by Crippen LogP contribution is -2.37. The van der Waals surface area contributed by atoms with E-state index in [1.165, 1.54) is 32.1 Å². The molecule has 1 aromatic rings. The summed E-state index contributed by atoms with van der Waals surface area (Å²) in [5, 5.41) is 11.9. The molecule has 2 heterocycles. The Morgan fingerprint density at radius 1 is 1.27 bits per heavy atom. The Kier molecular flexibility index (Phi) is 8.10. The number of hydrogen-bond donors (Lipinski definition) is 1. The second-order valence-corrected chi connectivity index (χ2v) is 7.45. The van der Waals surface area contributed by atoms with E-state index in [2.05, 4.69) is 22.2 Å². The molecule has 6 nitrogen and oxygen atoms in total. The van der Waals surface area contributed by atoms with Gasteiger partial charge in [-0.25, -0.2) is 4.68 Å². The summed E-state index contributed by atoms with van der Waals surface area (Å²) in [5.74, 6) is 0.612. The third kappa shape index (κ3) is 4.86. The van der Waals surface area contributed by atoms with Crippen molar-refractivity contribution in [1.29, 1.82) is 0 Å². The summed E-state index contributed by atoms with van der Waals surface area (Å²) in [4.78, 5) is 15.0. The molecular weight excluding hydrogens is 350 g/mol. The van der Waals surface area contributed by atoms with Gasteiger partial charge in [-0.2, -0.15) is 0 Å². The van der Waals surface area contributed by atoms with Crippen molar-refractivity contribution in [2.45, 2.75) is 57.9 Å². The second-order valence-electron chi connectivity index (χ2n) is 7.45. The maximum atomic E-state index is 13.1. The van der Waals surface area contributed by atoms with Crippen LogP contribution in [0.25, 0.3) is 0 Å². The van der Waals surface area contributed by atoms with Crippen molar-refractivity contribution in [3.63, 3.8) is 0 Å². The van der Waals surface area contributed by atoms with Gasteiger partial charge < -0.3 is 10.2 Å². The number of hydrogen-bond acceptors (Lipinski definition) is 4. The fraction of sp³-hybridized carbons (Fsp3) is 0.737. The van der Waals surface area contributed by atoms with E-state index in [1.807, 2.05) is 22.6 Å². The number of aromatic nitrogens is 3. The lowest BCUT2D eigenvalue weighted by Gasteiger charge is -2.29.